The van der Waals surface area contributed by atoms with E-state index in [2.05, 4.69) is 5.32 Å². The molecular formula is C13H21N3O8. The molecule has 0 aromatic heterocycles. The second-order valence-electron chi connectivity index (χ2n) is 5.72. The van der Waals surface area contributed by atoms with Gasteiger partial charge >= 0.3 is 23.9 Å². The summed E-state index contributed by atoms with van der Waals surface area (Å²) < 4.78 is 0. The van der Waals surface area contributed by atoms with Gasteiger partial charge in [0.1, 0.15) is 0 Å². The summed E-state index contributed by atoms with van der Waals surface area (Å²) in [4.78, 5) is 45.2. The predicted octanol–water partition coefficient (Wildman–Crippen LogP) is -2.17. The van der Waals surface area contributed by atoms with E-state index in [0.29, 0.717) is 12.8 Å². The average molecular weight is 347 g/mol. The Morgan fingerprint density at radius 2 is 1.50 bits per heavy atom. The van der Waals surface area contributed by atoms with Gasteiger partial charge in [0, 0.05) is 18.1 Å². The van der Waals surface area contributed by atoms with Crippen molar-refractivity contribution in [2.45, 2.75) is 43.4 Å². The molecule has 1 aliphatic rings. The number of rotatable bonds is 9. The molecule has 136 valence electrons. The van der Waals surface area contributed by atoms with Gasteiger partial charge in [-0.1, -0.05) is 0 Å². The Morgan fingerprint density at radius 1 is 1.00 bits per heavy atom. The number of aliphatic carboxylic acids is 4. The molecule has 0 amide bonds. The lowest BCUT2D eigenvalue weighted by molar-refractivity contribution is -0.153. The van der Waals surface area contributed by atoms with Gasteiger partial charge in [0.2, 0.25) is 6.04 Å². The number of carboxylic acid groups (broad SMARTS) is 4. The maximum Gasteiger partial charge on any atom is 0.332 e. The molecule has 0 saturated heterocycles. The van der Waals surface area contributed by atoms with Crippen LogP contribution in [0.3, 0.4) is 0 Å². The first kappa shape index (κ1) is 19.8. The van der Waals surface area contributed by atoms with Crippen LogP contribution in [-0.2, 0) is 19.2 Å². The van der Waals surface area contributed by atoms with Crippen molar-refractivity contribution in [2.75, 3.05) is 13.1 Å². The third-order valence-corrected chi connectivity index (χ3v) is 3.88. The highest BCUT2D eigenvalue weighted by Crippen LogP contribution is 2.23. The Morgan fingerprint density at radius 3 is 1.92 bits per heavy atom. The van der Waals surface area contributed by atoms with Crippen molar-refractivity contribution in [1.82, 2.24) is 10.2 Å². The average Bonchev–Trinajstić information content (AvgIpc) is 2.43. The van der Waals surface area contributed by atoms with Gasteiger partial charge < -0.3 is 26.2 Å². The quantitative estimate of drug-likeness (QED) is 0.249. The summed E-state index contributed by atoms with van der Waals surface area (Å²) in [5.74, 6) is -5.66. The van der Waals surface area contributed by atoms with Crippen LogP contribution in [0.25, 0.3) is 0 Å². The lowest BCUT2D eigenvalue weighted by Gasteiger charge is -2.41. The van der Waals surface area contributed by atoms with E-state index in [4.69, 9.17) is 26.2 Å². The first-order valence-corrected chi connectivity index (χ1v) is 7.26. The van der Waals surface area contributed by atoms with Crippen LogP contribution in [-0.4, -0.2) is 86.5 Å². The van der Waals surface area contributed by atoms with E-state index in [-0.39, 0.29) is 12.5 Å². The molecule has 1 rings (SSSR count). The molecule has 0 radical (unpaired) electrons. The topological polar surface area (TPSA) is 190 Å². The molecular weight excluding hydrogens is 326 g/mol. The zero-order valence-electron chi connectivity index (χ0n) is 12.8. The molecule has 3 atom stereocenters. The summed E-state index contributed by atoms with van der Waals surface area (Å²) >= 11 is 0. The number of hydrogen-bond acceptors (Lipinski definition) is 7. The molecule has 1 aliphatic carbocycles. The maximum absolute atomic E-state index is 11.0. The molecule has 1 saturated carbocycles. The number of nitrogens with two attached hydrogens (primary N) is 1. The van der Waals surface area contributed by atoms with E-state index in [1.54, 1.807) is 0 Å². The number of nitrogens with zero attached hydrogens (tertiary/aromatic N) is 1. The molecule has 0 heterocycles. The molecule has 1 fully saturated rings. The fourth-order valence-electron chi connectivity index (χ4n) is 2.88. The van der Waals surface area contributed by atoms with Gasteiger partial charge in [-0.15, -0.1) is 0 Å². The molecule has 0 bridgehead atoms. The van der Waals surface area contributed by atoms with Gasteiger partial charge in [0.15, 0.2) is 0 Å². The minimum atomic E-state index is -1.87. The van der Waals surface area contributed by atoms with Crippen molar-refractivity contribution in [1.29, 1.82) is 0 Å². The largest absolute Gasteiger partial charge is 0.480 e. The van der Waals surface area contributed by atoms with Crippen molar-refractivity contribution in [2.24, 2.45) is 5.73 Å². The molecule has 0 aliphatic heterocycles. The van der Waals surface area contributed by atoms with E-state index in [1.165, 1.54) is 0 Å². The molecule has 0 aromatic rings. The van der Waals surface area contributed by atoms with Crippen LogP contribution in [0.4, 0.5) is 0 Å². The Bertz CT molecular complexity index is 481. The fourth-order valence-corrected chi connectivity index (χ4v) is 2.88. The highest BCUT2D eigenvalue weighted by Gasteiger charge is 2.38. The third-order valence-electron chi connectivity index (χ3n) is 3.88. The Labute approximate surface area is 137 Å². The molecule has 0 aromatic carbocycles. The Hall–Kier alpha value is -2.24. The second-order valence-corrected chi connectivity index (χ2v) is 5.72. The fraction of sp³-hybridized carbons (Fsp3) is 0.692. The van der Waals surface area contributed by atoms with E-state index in [9.17, 15) is 19.2 Å². The lowest BCUT2D eigenvalue weighted by atomic mass is 9.85. The maximum atomic E-state index is 11.0. The Balaban J connectivity index is 3.01. The number of nitrogens with one attached hydrogen (secondary N) is 1. The Kier molecular flexibility index (Phi) is 7.07. The first-order valence-electron chi connectivity index (χ1n) is 7.26. The molecule has 3 unspecified atom stereocenters. The van der Waals surface area contributed by atoms with E-state index < -0.39 is 55.1 Å². The highest BCUT2D eigenvalue weighted by atomic mass is 16.4. The van der Waals surface area contributed by atoms with E-state index in [1.807, 2.05) is 0 Å². The van der Waals surface area contributed by atoms with Gasteiger partial charge in [-0.25, -0.2) is 9.59 Å². The van der Waals surface area contributed by atoms with Gasteiger partial charge in [0.25, 0.3) is 0 Å². The summed E-state index contributed by atoms with van der Waals surface area (Å²) in [6, 6.07) is -3.60. The zero-order valence-corrected chi connectivity index (χ0v) is 12.8. The van der Waals surface area contributed by atoms with Crippen LogP contribution in [0.15, 0.2) is 0 Å². The number of hydrogen-bond donors (Lipinski definition) is 6. The molecule has 11 nitrogen and oxygen atoms in total. The van der Waals surface area contributed by atoms with Crippen LogP contribution >= 0.6 is 0 Å². The molecule has 7 N–H and O–H groups in total. The van der Waals surface area contributed by atoms with Crippen molar-refractivity contribution in [3.05, 3.63) is 0 Å². The van der Waals surface area contributed by atoms with Gasteiger partial charge in [-0.2, -0.15) is 0 Å². The van der Waals surface area contributed by atoms with E-state index >= 15 is 0 Å². The summed E-state index contributed by atoms with van der Waals surface area (Å²) in [6.45, 7) is -1.15. The summed E-state index contributed by atoms with van der Waals surface area (Å²) in [7, 11) is 0. The second kappa shape index (κ2) is 8.57. The smallest absolute Gasteiger partial charge is 0.332 e. The SMILES string of the molecule is NC1CCC(NC(C(=O)O)C(=O)O)C(N(CC(=O)O)CC(=O)O)C1. The predicted molar refractivity (Wildman–Crippen MR) is 78.4 cm³/mol. The summed E-state index contributed by atoms with van der Waals surface area (Å²) in [6.07, 6.45) is 1.01. The summed E-state index contributed by atoms with van der Waals surface area (Å²) in [5, 5.41) is 38.3. The van der Waals surface area contributed by atoms with Crippen LogP contribution in [0, 0.1) is 0 Å². The highest BCUT2D eigenvalue weighted by molar-refractivity contribution is 5.97. The van der Waals surface area contributed by atoms with Crippen molar-refractivity contribution in [3.8, 4) is 0 Å². The van der Waals surface area contributed by atoms with E-state index in [0.717, 1.165) is 4.90 Å². The molecule has 24 heavy (non-hydrogen) atoms. The molecule has 11 heteroatoms. The van der Waals surface area contributed by atoms with Gasteiger partial charge in [-0.3, -0.25) is 19.8 Å². The number of carboxylic acids is 4. The normalized spacial score (nSPS) is 24.0. The lowest BCUT2D eigenvalue weighted by Crippen LogP contribution is -2.61. The standard InChI is InChI=1S/C13H21N3O8/c14-6-1-2-7(15-11(12(21)22)13(23)24)8(3-6)16(4-9(17)18)5-10(19)20/h6-8,11,15H,1-5,14H2,(H,17,18)(H,19,20)(H,21,22)(H,23,24). The molecule has 0 spiro atoms. The van der Waals surface area contributed by atoms with Crippen LogP contribution < -0.4 is 11.1 Å². The van der Waals surface area contributed by atoms with Crippen molar-refractivity contribution >= 4 is 23.9 Å². The van der Waals surface area contributed by atoms with Crippen molar-refractivity contribution < 1.29 is 39.6 Å². The zero-order chi connectivity index (χ0) is 18.4. The van der Waals surface area contributed by atoms with Gasteiger partial charge in [-0.05, 0) is 19.3 Å². The first-order chi connectivity index (χ1) is 11.1. The number of carbonyl (C=O) groups is 4. The van der Waals surface area contributed by atoms with Gasteiger partial charge in [0.05, 0.1) is 13.1 Å². The summed E-state index contributed by atoms with van der Waals surface area (Å²) in [5.41, 5.74) is 5.86. The third kappa shape index (κ3) is 5.76. The van der Waals surface area contributed by atoms with Crippen LogP contribution in [0.1, 0.15) is 19.3 Å². The minimum Gasteiger partial charge on any atom is -0.480 e. The minimum absolute atomic E-state index is 0.226. The van der Waals surface area contributed by atoms with Crippen molar-refractivity contribution in [3.63, 3.8) is 0 Å². The monoisotopic (exact) mass is 347 g/mol. The van der Waals surface area contributed by atoms with Crippen LogP contribution in [0.2, 0.25) is 0 Å². The van der Waals surface area contributed by atoms with Crippen LogP contribution in [0.5, 0.6) is 0 Å².